The van der Waals surface area contributed by atoms with Gasteiger partial charge in [0.2, 0.25) is 0 Å². The highest BCUT2D eigenvalue weighted by atomic mass is 19.2. The molecule has 5 heteroatoms. The van der Waals surface area contributed by atoms with Gasteiger partial charge in [-0.25, -0.2) is 8.78 Å². The summed E-state index contributed by atoms with van der Waals surface area (Å²) in [6.07, 6.45) is 0. The van der Waals surface area contributed by atoms with Crippen molar-refractivity contribution in [1.82, 2.24) is 4.90 Å². The van der Waals surface area contributed by atoms with Gasteiger partial charge in [0, 0.05) is 18.3 Å². The Morgan fingerprint density at radius 1 is 1.14 bits per heavy atom. The molecule has 0 radical (unpaired) electrons. The van der Waals surface area contributed by atoms with Crippen LogP contribution in [0.4, 0.5) is 14.5 Å². The summed E-state index contributed by atoms with van der Waals surface area (Å²) in [5.74, 6) is -2.07. The molecule has 2 N–H and O–H groups in total. The average molecular weight is 290 g/mol. The second kappa shape index (κ2) is 5.91. The third-order valence-electron chi connectivity index (χ3n) is 3.46. The highest BCUT2D eigenvalue weighted by molar-refractivity contribution is 5.95. The van der Waals surface area contributed by atoms with Gasteiger partial charge in [0.1, 0.15) is 0 Å². The minimum absolute atomic E-state index is 0.237. The Bertz CT molecular complexity index is 673. The highest BCUT2D eigenvalue weighted by Crippen LogP contribution is 2.23. The quantitative estimate of drug-likeness (QED) is 0.881. The van der Waals surface area contributed by atoms with Gasteiger partial charge in [-0.1, -0.05) is 12.1 Å². The largest absolute Gasteiger partial charge is 0.399 e. The van der Waals surface area contributed by atoms with E-state index in [0.29, 0.717) is 16.8 Å². The first kappa shape index (κ1) is 15.0. The van der Waals surface area contributed by atoms with Gasteiger partial charge in [-0.3, -0.25) is 4.79 Å². The molecule has 1 unspecified atom stereocenters. The Morgan fingerprint density at radius 2 is 1.86 bits per heavy atom. The number of nitrogens with zero attached hydrogens (tertiary/aromatic N) is 1. The molecule has 0 aliphatic carbocycles. The molecule has 1 amide bonds. The lowest BCUT2D eigenvalue weighted by molar-refractivity contribution is 0.0742. The summed E-state index contributed by atoms with van der Waals surface area (Å²) >= 11 is 0. The van der Waals surface area contributed by atoms with Gasteiger partial charge in [0.05, 0.1) is 6.04 Å². The Labute approximate surface area is 122 Å². The Hall–Kier alpha value is -2.43. The normalized spacial score (nSPS) is 12.0. The predicted octanol–water partition coefficient (Wildman–Crippen LogP) is 3.38. The molecule has 2 aromatic carbocycles. The second-order valence-electron chi connectivity index (χ2n) is 4.89. The summed E-state index contributed by atoms with van der Waals surface area (Å²) in [6, 6.07) is 9.85. The van der Waals surface area contributed by atoms with Gasteiger partial charge in [-0.05, 0) is 42.8 Å². The molecule has 3 nitrogen and oxygen atoms in total. The fourth-order valence-electron chi connectivity index (χ4n) is 2.05. The molecule has 0 spiro atoms. The van der Waals surface area contributed by atoms with Gasteiger partial charge in [-0.15, -0.1) is 0 Å². The van der Waals surface area contributed by atoms with E-state index in [1.54, 1.807) is 38.2 Å². The maximum absolute atomic E-state index is 13.3. The molecular formula is C16H16F2N2O. The van der Waals surface area contributed by atoms with Crippen LogP contribution >= 0.6 is 0 Å². The van der Waals surface area contributed by atoms with Crippen molar-refractivity contribution in [1.29, 1.82) is 0 Å². The Balaban J connectivity index is 2.24. The van der Waals surface area contributed by atoms with E-state index < -0.39 is 17.7 Å². The monoisotopic (exact) mass is 290 g/mol. The summed E-state index contributed by atoms with van der Waals surface area (Å²) in [5, 5.41) is 0. The topological polar surface area (TPSA) is 46.3 Å². The zero-order valence-corrected chi connectivity index (χ0v) is 11.8. The SMILES string of the molecule is CC(c1ccc(F)c(F)c1)N(C)C(=O)c1cccc(N)c1. The molecule has 2 rings (SSSR count). The number of anilines is 1. The summed E-state index contributed by atoms with van der Waals surface area (Å²) < 4.78 is 26.2. The summed E-state index contributed by atoms with van der Waals surface area (Å²) in [7, 11) is 1.61. The third-order valence-corrected chi connectivity index (χ3v) is 3.46. The van der Waals surface area contributed by atoms with Crippen molar-refractivity contribution in [3.8, 4) is 0 Å². The number of halogens is 2. The number of nitrogen functional groups attached to an aromatic ring is 1. The van der Waals surface area contributed by atoms with Crippen LogP contribution in [0.15, 0.2) is 42.5 Å². The van der Waals surface area contributed by atoms with Crippen LogP contribution in [0.2, 0.25) is 0 Å². The Kier molecular flexibility index (Phi) is 4.21. The van der Waals surface area contributed by atoms with Crippen molar-refractivity contribution < 1.29 is 13.6 Å². The summed E-state index contributed by atoms with van der Waals surface area (Å²) in [5.41, 5.74) is 7.13. The molecule has 1 atom stereocenters. The van der Waals surface area contributed by atoms with Crippen molar-refractivity contribution >= 4 is 11.6 Å². The average Bonchev–Trinajstić information content (AvgIpc) is 2.47. The maximum Gasteiger partial charge on any atom is 0.254 e. The maximum atomic E-state index is 13.3. The number of carbonyl (C=O) groups excluding carboxylic acids is 1. The van der Waals surface area contributed by atoms with E-state index in [-0.39, 0.29) is 5.91 Å². The van der Waals surface area contributed by atoms with E-state index in [0.717, 1.165) is 12.1 Å². The molecule has 0 saturated heterocycles. The molecule has 0 aliphatic rings. The van der Waals surface area contributed by atoms with Gasteiger partial charge >= 0.3 is 0 Å². The number of hydrogen-bond donors (Lipinski definition) is 1. The van der Waals surface area contributed by atoms with E-state index in [4.69, 9.17) is 5.73 Å². The zero-order valence-electron chi connectivity index (χ0n) is 11.8. The van der Waals surface area contributed by atoms with Gasteiger partial charge in [0.25, 0.3) is 5.91 Å². The summed E-state index contributed by atoms with van der Waals surface area (Å²) in [6.45, 7) is 1.75. The molecule has 0 fully saturated rings. The molecular weight excluding hydrogens is 274 g/mol. The van der Waals surface area contributed by atoms with Crippen molar-refractivity contribution in [3.05, 3.63) is 65.2 Å². The third kappa shape index (κ3) is 3.18. The fourth-order valence-corrected chi connectivity index (χ4v) is 2.05. The molecule has 0 heterocycles. The molecule has 0 bridgehead atoms. The molecule has 110 valence electrons. The zero-order chi connectivity index (χ0) is 15.6. The molecule has 21 heavy (non-hydrogen) atoms. The van der Waals surface area contributed by atoms with Crippen LogP contribution in [0.1, 0.15) is 28.9 Å². The van der Waals surface area contributed by atoms with E-state index in [1.807, 2.05) is 0 Å². The van der Waals surface area contributed by atoms with E-state index in [9.17, 15) is 13.6 Å². The van der Waals surface area contributed by atoms with Crippen molar-refractivity contribution in [2.45, 2.75) is 13.0 Å². The lowest BCUT2D eigenvalue weighted by atomic mass is 10.1. The van der Waals surface area contributed by atoms with Crippen molar-refractivity contribution in [2.75, 3.05) is 12.8 Å². The standard InChI is InChI=1S/C16H16F2N2O/c1-10(11-6-7-14(17)15(18)9-11)20(2)16(21)12-4-3-5-13(19)8-12/h3-10H,19H2,1-2H3. The predicted molar refractivity (Wildman–Crippen MR) is 77.7 cm³/mol. The number of amides is 1. The minimum atomic E-state index is -0.927. The van der Waals surface area contributed by atoms with Crippen LogP contribution in [0.5, 0.6) is 0 Å². The van der Waals surface area contributed by atoms with Crippen LogP contribution in [-0.4, -0.2) is 17.9 Å². The number of carbonyl (C=O) groups is 1. The lowest BCUT2D eigenvalue weighted by Gasteiger charge is -2.25. The lowest BCUT2D eigenvalue weighted by Crippen LogP contribution is -2.29. The van der Waals surface area contributed by atoms with Crippen LogP contribution < -0.4 is 5.73 Å². The van der Waals surface area contributed by atoms with Gasteiger partial charge < -0.3 is 10.6 Å². The molecule has 0 aliphatic heterocycles. The molecule has 0 aromatic heterocycles. The van der Waals surface area contributed by atoms with Crippen LogP contribution in [0.3, 0.4) is 0 Å². The van der Waals surface area contributed by atoms with E-state index in [1.165, 1.54) is 11.0 Å². The fraction of sp³-hybridized carbons (Fsp3) is 0.188. The molecule has 0 saturated carbocycles. The van der Waals surface area contributed by atoms with Crippen LogP contribution in [0, 0.1) is 11.6 Å². The summed E-state index contributed by atoms with van der Waals surface area (Å²) in [4.78, 5) is 13.8. The number of hydrogen-bond acceptors (Lipinski definition) is 2. The van der Waals surface area contributed by atoms with Crippen molar-refractivity contribution in [2.24, 2.45) is 0 Å². The molecule has 2 aromatic rings. The highest BCUT2D eigenvalue weighted by Gasteiger charge is 2.20. The van der Waals surface area contributed by atoms with Crippen molar-refractivity contribution in [3.63, 3.8) is 0 Å². The minimum Gasteiger partial charge on any atom is -0.399 e. The second-order valence-corrected chi connectivity index (χ2v) is 4.89. The van der Waals surface area contributed by atoms with E-state index >= 15 is 0 Å². The van der Waals surface area contributed by atoms with Gasteiger partial charge in [0.15, 0.2) is 11.6 Å². The van der Waals surface area contributed by atoms with Crippen LogP contribution in [-0.2, 0) is 0 Å². The number of nitrogens with two attached hydrogens (primary N) is 1. The Morgan fingerprint density at radius 3 is 2.48 bits per heavy atom. The smallest absolute Gasteiger partial charge is 0.254 e. The van der Waals surface area contributed by atoms with Gasteiger partial charge in [-0.2, -0.15) is 0 Å². The first-order valence-electron chi connectivity index (χ1n) is 6.48. The van der Waals surface area contributed by atoms with Crippen LogP contribution in [0.25, 0.3) is 0 Å². The van der Waals surface area contributed by atoms with E-state index in [2.05, 4.69) is 0 Å². The first-order chi connectivity index (χ1) is 9.90. The number of rotatable bonds is 3. The number of benzene rings is 2. The first-order valence-corrected chi connectivity index (χ1v) is 6.48.